The van der Waals surface area contributed by atoms with E-state index in [4.69, 9.17) is 9.47 Å². The van der Waals surface area contributed by atoms with E-state index in [1.807, 2.05) is 0 Å². The summed E-state index contributed by atoms with van der Waals surface area (Å²) in [5.74, 6) is -5.12. The second-order valence-corrected chi connectivity index (χ2v) is 8.55. The first-order valence-electron chi connectivity index (χ1n) is 11.9. The Morgan fingerprint density at radius 1 is 1.08 bits per heavy atom. The molecular weight excluding hydrogens is 496 g/mol. The number of alkyl halides is 2. The van der Waals surface area contributed by atoms with Crippen LogP contribution in [0.1, 0.15) is 38.7 Å². The van der Waals surface area contributed by atoms with Gasteiger partial charge in [0, 0.05) is 32.1 Å². The lowest BCUT2D eigenvalue weighted by molar-refractivity contribution is -0.149. The molecule has 2 amide bonds. The number of aliphatic carboxylic acids is 1. The minimum atomic E-state index is -2.81. The van der Waals surface area contributed by atoms with Crippen molar-refractivity contribution >= 4 is 17.7 Å². The number of urea groups is 1. The van der Waals surface area contributed by atoms with E-state index in [9.17, 15) is 32.3 Å². The zero-order valence-electron chi connectivity index (χ0n) is 20.8. The number of hydrogen-bond acceptors (Lipinski definition) is 4. The summed E-state index contributed by atoms with van der Waals surface area (Å²) in [6.45, 7) is 3.07. The number of carboxylic acid groups (broad SMARTS) is 1. The third-order valence-electron chi connectivity index (χ3n) is 5.37. The SMILES string of the molecule is CCOC(Cc1ccc(OCCN(CCCCC(C)(F)F)C(=O)Nc2ccc(F)cc2F)cc1)C(=O)O. The molecule has 0 heterocycles. The lowest BCUT2D eigenvalue weighted by Crippen LogP contribution is -2.38. The van der Waals surface area contributed by atoms with Crippen LogP contribution in [0.15, 0.2) is 42.5 Å². The number of anilines is 1. The fourth-order valence-corrected chi connectivity index (χ4v) is 3.47. The maximum absolute atomic E-state index is 14.0. The van der Waals surface area contributed by atoms with Gasteiger partial charge in [-0.2, -0.15) is 0 Å². The molecule has 0 saturated carbocycles. The first-order valence-corrected chi connectivity index (χ1v) is 11.9. The summed E-state index contributed by atoms with van der Waals surface area (Å²) in [7, 11) is 0. The number of halogens is 4. The third kappa shape index (κ3) is 11.1. The summed E-state index contributed by atoms with van der Waals surface area (Å²) in [5, 5.41) is 11.6. The second-order valence-electron chi connectivity index (χ2n) is 8.55. The number of carbonyl (C=O) groups excluding carboxylic acids is 1. The van der Waals surface area contributed by atoms with Crippen molar-refractivity contribution in [2.45, 2.75) is 51.6 Å². The molecule has 0 aliphatic heterocycles. The minimum Gasteiger partial charge on any atom is -0.492 e. The lowest BCUT2D eigenvalue weighted by atomic mass is 10.1. The van der Waals surface area contributed by atoms with Crippen LogP contribution in [-0.2, 0) is 16.0 Å². The van der Waals surface area contributed by atoms with Gasteiger partial charge in [0.05, 0.1) is 12.2 Å². The highest BCUT2D eigenvalue weighted by Gasteiger charge is 2.21. The van der Waals surface area contributed by atoms with Crippen LogP contribution >= 0.6 is 0 Å². The number of ether oxygens (including phenoxy) is 2. The van der Waals surface area contributed by atoms with Crippen LogP contribution in [0.4, 0.5) is 28.0 Å². The average molecular weight is 529 g/mol. The highest BCUT2D eigenvalue weighted by molar-refractivity contribution is 5.89. The first kappa shape index (κ1) is 29.9. The monoisotopic (exact) mass is 528 g/mol. The highest BCUT2D eigenvalue weighted by atomic mass is 19.3. The molecule has 1 atom stereocenters. The van der Waals surface area contributed by atoms with E-state index >= 15 is 0 Å². The smallest absolute Gasteiger partial charge is 0.333 e. The number of nitrogens with one attached hydrogen (secondary N) is 1. The van der Waals surface area contributed by atoms with E-state index in [2.05, 4.69) is 5.32 Å². The summed E-state index contributed by atoms with van der Waals surface area (Å²) >= 11 is 0. The van der Waals surface area contributed by atoms with Crippen LogP contribution in [0.25, 0.3) is 0 Å². The standard InChI is InChI=1S/C26H32F4N2O5/c1-3-36-23(24(33)34)16-18-6-9-20(10-7-18)37-15-14-32(13-5-4-12-26(2,29)30)25(35)31-22-11-8-19(27)17-21(22)28/h6-11,17,23H,3-5,12-16H2,1-2H3,(H,31,35)(H,33,34). The van der Waals surface area contributed by atoms with Crippen molar-refractivity contribution in [2.75, 3.05) is 31.6 Å². The second kappa shape index (κ2) is 14.4. The molecule has 0 spiro atoms. The zero-order valence-corrected chi connectivity index (χ0v) is 20.8. The van der Waals surface area contributed by atoms with E-state index in [1.54, 1.807) is 31.2 Å². The van der Waals surface area contributed by atoms with Crippen molar-refractivity contribution in [3.05, 3.63) is 59.7 Å². The molecule has 0 aliphatic carbocycles. The quantitative estimate of drug-likeness (QED) is 0.228. The van der Waals surface area contributed by atoms with Crippen molar-refractivity contribution in [2.24, 2.45) is 0 Å². The summed E-state index contributed by atoms with van der Waals surface area (Å²) < 4.78 is 64.2. The van der Waals surface area contributed by atoms with Gasteiger partial charge in [-0.05, 0) is 56.5 Å². The number of benzene rings is 2. The van der Waals surface area contributed by atoms with Crippen molar-refractivity contribution in [3.8, 4) is 5.75 Å². The summed E-state index contributed by atoms with van der Waals surface area (Å²) in [5.41, 5.74) is 0.531. The number of unbranched alkanes of at least 4 members (excludes halogenated alkanes) is 1. The molecule has 0 radical (unpaired) electrons. The molecule has 2 rings (SSSR count). The predicted octanol–water partition coefficient (Wildman–Crippen LogP) is 5.74. The summed E-state index contributed by atoms with van der Waals surface area (Å²) in [6.07, 6.45) is -0.623. The van der Waals surface area contributed by atoms with E-state index < -0.39 is 35.7 Å². The molecule has 37 heavy (non-hydrogen) atoms. The Morgan fingerprint density at radius 3 is 2.38 bits per heavy atom. The van der Waals surface area contributed by atoms with Gasteiger partial charge in [0.2, 0.25) is 5.92 Å². The van der Waals surface area contributed by atoms with Crippen molar-refractivity contribution < 1.29 is 41.7 Å². The fraction of sp³-hybridized carbons (Fsp3) is 0.462. The van der Waals surface area contributed by atoms with E-state index in [0.29, 0.717) is 18.2 Å². The Kier molecular flexibility index (Phi) is 11.6. The molecule has 2 N–H and O–H groups in total. The van der Waals surface area contributed by atoms with Gasteiger partial charge in [0.15, 0.2) is 6.10 Å². The Balaban J connectivity index is 1.96. The first-order chi connectivity index (χ1) is 17.5. The molecule has 7 nitrogen and oxygen atoms in total. The van der Waals surface area contributed by atoms with Crippen molar-refractivity contribution in [1.82, 2.24) is 4.90 Å². The van der Waals surface area contributed by atoms with Crippen molar-refractivity contribution in [3.63, 3.8) is 0 Å². The highest BCUT2D eigenvalue weighted by Crippen LogP contribution is 2.21. The van der Waals surface area contributed by atoms with Crippen LogP contribution < -0.4 is 10.1 Å². The summed E-state index contributed by atoms with van der Waals surface area (Å²) in [6, 6.07) is 8.78. The molecule has 11 heteroatoms. The van der Waals surface area contributed by atoms with E-state index in [1.165, 1.54) is 4.90 Å². The van der Waals surface area contributed by atoms with Crippen LogP contribution in [0, 0.1) is 11.6 Å². The van der Waals surface area contributed by atoms with Gasteiger partial charge >= 0.3 is 12.0 Å². The zero-order chi connectivity index (χ0) is 27.4. The van der Waals surface area contributed by atoms with Crippen LogP contribution in [0.5, 0.6) is 5.75 Å². The molecule has 0 bridgehead atoms. The predicted molar refractivity (Wildman–Crippen MR) is 130 cm³/mol. The Hall–Kier alpha value is -3.34. The van der Waals surface area contributed by atoms with Gasteiger partial charge in [-0.3, -0.25) is 0 Å². The molecule has 1 unspecified atom stereocenters. The average Bonchev–Trinajstić information content (AvgIpc) is 2.82. The van der Waals surface area contributed by atoms with Crippen LogP contribution in [0.2, 0.25) is 0 Å². The number of carboxylic acids is 1. The topological polar surface area (TPSA) is 88.1 Å². The minimum absolute atomic E-state index is 0.0549. The molecule has 204 valence electrons. The van der Waals surface area contributed by atoms with E-state index in [0.717, 1.165) is 24.6 Å². The number of rotatable bonds is 15. The van der Waals surface area contributed by atoms with Crippen LogP contribution in [-0.4, -0.2) is 60.3 Å². The number of carbonyl (C=O) groups is 2. The molecule has 2 aromatic rings. The van der Waals surface area contributed by atoms with Gasteiger partial charge < -0.3 is 24.8 Å². The van der Waals surface area contributed by atoms with Gasteiger partial charge in [-0.15, -0.1) is 0 Å². The van der Waals surface area contributed by atoms with Gasteiger partial charge in [0.25, 0.3) is 0 Å². The van der Waals surface area contributed by atoms with Gasteiger partial charge in [-0.1, -0.05) is 12.1 Å². The lowest BCUT2D eigenvalue weighted by Gasteiger charge is -2.24. The third-order valence-corrected chi connectivity index (χ3v) is 5.37. The molecule has 2 aromatic carbocycles. The Bertz CT molecular complexity index is 1020. The summed E-state index contributed by atoms with van der Waals surface area (Å²) in [4.78, 5) is 25.3. The Labute approximate surface area is 213 Å². The molecular formula is C26H32F4N2O5. The number of hydrogen-bond donors (Lipinski definition) is 2. The normalized spacial score (nSPS) is 12.2. The Morgan fingerprint density at radius 2 is 1.78 bits per heavy atom. The van der Waals surface area contributed by atoms with Crippen LogP contribution in [0.3, 0.4) is 0 Å². The number of nitrogens with zero attached hydrogens (tertiary/aromatic N) is 1. The maximum Gasteiger partial charge on any atom is 0.333 e. The largest absolute Gasteiger partial charge is 0.492 e. The van der Waals surface area contributed by atoms with Crippen molar-refractivity contribution in [1.29, 1.82) is 0 Å². The fourth-order valence-electron chi connectivity index (χ4n) is 3.47. The molecule has 0 saturated heterocycles. The van der Waals surface area contributed by atoms with E-state index in [-0.39, 0.29) is 51.3 Å². The molecule has 0 fully saturated rings. The molecule has 0 aromatic heterocycles. The number of amides is 2. The molecule has 0 aliphatic rings. The maximum atomic E-state index is 14.0. The van der Waals surface area contributed by atoms with Gasteiger partial charge in [-0.25, -0.2) is 27.2 Å². The van der Waals surface area contributed by atoms with Gasteiger partial charge in [0.1, 0.15) is 24.0 Å².